The van der Waals surface area contributed by atoms with Gasteiger partial charge in [-0.2, -0.15) is 13.2 Å². The normalized spacial score (nSPS) is 19.1. The summed E-state index contributed by atoms with van der Waals surface area (Å²) in [6.45, 7) is -0.823. The van der Waals surface area contributed by atoms with Crippen LogP contribution in [0.15, 0.2) is 42.5 Å². The first-order valence-electron chi connectivity index (χ1n) is 11.7. The topological polar surface area (TPSA) is 128 Å². The summed E-state index contributed by atoms with van der Waals surface area (Å²) < 4.78 is 54.1. The lowest BCUT2D eigenvalue weighted by Gasteiger charge is -2.32. The Morgan fingerprint density at radius 3 is 2.41 bits per heavy atom. The molecule has 206 valence electrons. The number of fused-ring (bicyclic) bond motifs is 2. The summed E-state index contributed by atoms with van der Waals surface area (Å²) in [6, 6.07) is 4.73. The molecule has 1 saturated heterocycles. The maximum atomic E-state index is 13.6. The number of hydrogen-bond donors (Lipinski definition) is 3. The van der Waals surface area contributed by atoms with Gasteiger partial charge in [0.05, 0.1) is 0 Å². The number of amides is 6. The molecule has 1 heterocycles. The minimum atomic E-state index is -4.83. The lowest BCUT2D eigenvalue weighted by atomic mass is 9.91. The molecule has 4 rings (SSSR count). The Hall–Kier alpha value is -4.49. The minimum absolute atomic E-state index is 0.0642. The number of carbonyl (C=O) groups excluding carboxylic acids is 5. The second-order valence-electron chi connectivity index (χ2n) is 9.16. The monoisotopic (exact) mass is 549 g/mol. The number of nitrogens with zero attached hydrogens (tertiary/aromatic N) is 2. The van der Waals surface area contributed by atoms with Gasteiger partial charge in [-0.3, -0.25) is 19.3 Å². The Labute approximate surface area is 219 Å². The van der Waals surface area contributed by atoms with Crippen molar-refractivity contribution in [3.8, 4) is 0 Å². The van der Waals surface area contributed by atoms with Crippen molar-refractivity contribution in [2.45, 2.75) is 37.6 Å². The molecule has 10 nitrogen and oxygen atoms in total. The van der Waals surface area contributed by atoms with Crippen LogP contribution in [0.4, 0.5) is 32.8 Å². The van der Waals surface area contributed by atoms with Crippen molar-refractivity contribution in [1.29, 1.82) is 0 Å². The van der Waals surface area contributed by atoms with Crippen LogP contribution in [-0.2, 0) is 21.7 Å². The fourth-order valence-corrected chi connectivity index (χ4v) is 4.55. The number of hydrogen-bond acceptors (Lipinski definition) is 5. The van der Waals surface area contributed by atoms with E-state index in [0.29, 0.717) is 9.80 Å². The van der Waals surface area contributed by atoms with Crippen molar-refractivity contribution in [2.24, 2.45) is 0 Å². The number of halogens is 4. The molecule has 1 fully saturated rings. The quantitative estimate of drug-likeness (QED) is 0.377. The third kappa shape index (κ3) is 5.13. The van der Waals surface area contributed by atoms with Crippen molar-refractivity contribution in [3.05, 3.63) is 65.0 Å². The molecule has 6 amide bonds. The van der Waals surface area contributed by atoms with Crippen LogP contribution in [0.2, 0.25) is 0 Å². The van der Waals surface area contributed by atoms with Crippen LogP contribution >= 0.6 is 0 Å². The molecule has 0 aromatic heterocycles. The molecule has 39 heavy (non-hydrogen) atoms. The maximum absolute atomic E-state index is 13.6. The molecule has 1 spiro atoms. The predicted octanol–water partition coefficient (Wildman–Crippen LogP) is 2.89. The SMILES string of the molecule is CNC(=O)Nc1ccc2c(c1)C(=O)CC21NC(=O)N(CC(=O)N(Cc2ccc(F)cc2)[C@@H](C)C(F)(F)F)C1=O. The number of benzene rings is 2. The van der Waals surface area contributed by atoms with Crippen molar-refractivity contribution < 1.29 is 41.5 Å². The van der Waals surface area contributed by atoms with Gasteiger partial charge in [0.15, 0.2) is 11.3 Å². The number of carbonyl (C=O) groups is 5. The predicted molar refractivity (Wildman–Crippen MR) is 128 cm³/mol. The van der Waals surface area contributed by atoms with Gasteiger partial charge in [0.1, 0.15) is 18.4 Å². The summed E-state index contributed by atoms with van der Waals surface area (Å²) in [4.78, 5) is 64.7. The summed E-state index contributed by atoms with van der Waals surface area (Å²) in [6.07, 6.45) is -5.30. The molecule has 0 bridgehead atoms. The highest BCUT2D eigenvalue weighted by molar-refractivity contribution is 6.17. The fourth-order valence-electron chi connectivity index (χ4n) is 4.55. The molecular weight excluding hydrogens is 526 g/mol. The highest BCUT2D eigenvalue weighted by Gasteiger charge is 2.58. The summed E-state index contributed by atoms with van der Waals surface area (Å²) in [5, 5.41) is 7.26. The lowest BCUT2D eigenvalue weighted by Crippen LogP contribution is -2.51. The smallest absolute Gasteiger partial charge is 0.341 e. The molecule has 0 saturated carbocycles. The number of urea groups is 2. The van der Waals surface area contributed by atoms with E-state index in [1.807, 2.05) is 0 Å². The van der Waals surface area contributed by atoms with Gasteiger partial charge in [-0.15, -0.1) is 0 Å². The zero-order valence-corrected chi connectivity index (χ0v) is 20.7. The van der Waals surface area contributed by atoms with Crippen LogP contribution in [0.5, 0.6) is 0 Å². The van der Waals surface area contributed by atoms with Gasteiger partial charge in [-0.05, 0) is 42.3 Å². The number of nitrogens with one attached hydrogen (secondary N) is 3. The van der Waals surface area contributed by atoms with Crippen molar-refractivity contribution >= 4 is 35.3 Å². The van der Waals surface area contributed by atoms with Crippen LogP contribution in [0, 0.1) is 5.82 Å². The third-order valence-corrected chi connectivity index (χ3v) is 6.69. The number of imide groups is 1. The van der Waals surface area contributed by atoms with Crippen LogP contribution < -0.4 is 16.0 Å². The molecule has 1 aliphatic heterocycles. The number of rotatable bonds is 6. The Balaban J connectivity index is 1.59. The average molecular weight is 549 g/mol. The van der Waals surface area contributed by atoms with Gasteiger partial charge >= 0.3 is 18.2 Å². The first-order valence-corrected chi connectivity index (χ1v) is 11.7. The van der Waals surface area contributed by atoms with Gasteiger partial charge < -0.3 is 20.9 Å². The number of ketones is 1. The summed E-state index contributed by atoms with van der Waals surface area (Å²) in [5.74, 6) is -3.29. The van der Waals surface area contributed by atoms with Crippen LogP contribution in [-0.4, -0.2) is 65.3 Å². The van der Waals surface area contributed by atoms with Crippen molar-refractivity contribution in [3.63, 3.8) is 0 Å². The van der Waals surface area contributed by atoms with Gasteiger partial charge in [-0.1, -0.05) is 18.2 Å². The van der Waals surface area contributed by atoms with E-state index in [0.717, 1.165) is 19.1 Å². The number of anilines is 1. The van der Waals surface area contributed by atoms with Gasteiger partial charge in [0.25, 0.3) is 5.91 Å². The summed E-state index contributed by atoms with van der Waals surface area (Å²) >= 11 is 0. The van der Waals surface area contributed by atoms with E-state index >= 15 is 0 Å². The first kappa shape index (κ1) is 27.5. The zero-order valence-electron chi connectivity index (χ0n) is 20.7. The van der Waals surface area contributed by atoms with E-state index in [9.17, 15) is 41.5 Å². The van der Waals surface area contributed by atoms with Crippen LogP contribution in [0.25, 0.3) is 0 Å². The Morgan fingerprint density at radius 1 is 1.13 bits per heavy atom. The van der Waals surface area contributed by atoms with Gasteiger partial charge in [0, 0.05) is 31.3 Å². The average Bonchev–Trinajstić information content (AvgIpc) is 3.29. The van der Waals surface area contributed by atoms with E-state index in [4.69, 9.17) is 0 Å². The standard InChI is InChI=1S/C25H23F4N5O5/c1-13(25(27,28)29)33(11-14-3-5-15(26)6-4-14)20(36)12-34-21(37)24(32-23(34)39)10-19(35)17-9-16(7-8-18(17)24)31-22(38)30-2/h3-9,13H,10-12H2,1-2H3,(H,32,39)(H2,30,31,38)/t13-,24?/m0/s1. The largest absolute Gasteiger partial charge is 0.408 e. The molecule has 2 aromatic rings. The highest BCUT2D eigenvalue weighted by atomic mass is 19.4. The third-order valence-electron chi connectivity index (χ3n) is 6.69. The van der Waals surface area contributed by atoms with E-state index in [2.05, 4.69) is 16.0 Å². The molecule has 3 N–H and O–H groups in total. The van der Waals surface area contributed by atoms with E-state index < -0.39 is 72.7 Å². The lowest BCUT2D eigenvalue weighted by molar-refractivity contribution is -0.187. The minimum Gasteiger partial charge on any atom is -0.341 e. The summed E-state index contributed by atoms with van der Waals surface area (Å²) in [7, 11) is 1.39. The Kier molecular flexibility index (Phi) is 7.06. The molecule has 1 aliphatic carbocycles. The van der Waals surface area contributed by atoms with Crippen molar-refractivity contribution in [1.82, 2.24) is 20.4 Å². The molecule has 0 radical (unpaired) electrons. The maximum Gasteiger partial charge on any atom is 0.408 e. The highest BCUT2D eigenvalue weighted by Crippen LogP contribution is 2.42. The molecule has 1 unspecified atom stereocenters. The molecule has 14 heteroatoms. The van der Waals surface area contributed by atoms with Gasteiger partial charge in [-0.25, -0.2) is 14.0 Å². The zero-order chi connectivity index (χ0) is 28.7. The fraction of sp³-hybridized carbons (Fsp3) is 0.320. The van der Waals surface area contributed by atoms with Gasteiger partial charge in [0.2, 0.25) is 5.91 Å². The Morgan fingerprint density at radius 2 is 1.79 bits per heavy atom. The molecule has 2 aromatic carbocycles. The van der Waals surface area contributed by atoms with E-state index in [-0.39, 0.29) is 22.4 Å². The second kappa shape index (κ2) is 10.0. The summed E-state index contributed by atoms with van der Waals surface area (Å²) in [5.41, 5.74) is -1.19. The van der Waals surface area contributed by atoms with E-state index in [1.165, 1.54) is 37.4 Å². The van der Waals surface area contributed by atoms with Crippen molar-refractivity contribution in [2.75, 3.05) is 18.9 Å². The Bertz CT molecular complexity index is 1360. The molecule has 2 aliphatic rings. The number of Topliss-reactive ketones (excluding diaryl/α,β-unsaturated/α-hetero) is 1. The van der Waals surface area contributed by atoms with Crippen LogP contribution in [0.3, 0.4) is 0 Å². The molecular formula is C25H23F4N5O5. The number of alkyl halides is 3. The van der Waals surface area contributed by atoms with Crippen LogP contribution in [0.1, 0.15) is 34.8 Å². The second-order valence-corrected chi connectivity index (χ2v) is 9.16. The first-order chi connectivity index (χ1) is 18.3. The van der Waals surface area contributed by atoms with E-state index in [1.54, 1.807) is 0 Å². The molecule has 2 atom stereocenters.